The summed E-state index contributed by atoms with van der Waals surface area (Å²) in [5, 5.41) is 19.5. The highest BCUT2D eigenvalue weighted by Gasteiger charge is 2.29. The molecule has 0 amide bonds. The summed E-state index contributed by atoms with van der Waals surface area (Å²) in [6.07, 6.45) is 6.12. The number of hydrogen-bond acceptors (Lipinski definition) is 3. The lowest BCUT2D eigenvalue weighted by molar-refractivity contribution is 0.0695. The Morgan fingerprint density at radius 1 is 1.42 bits per heavy atom. The second-order valence-corrected chi connectivity index (χ2v) is 4.78. The summed E-state index contributed by atoms with van der Waals surface area (Å²) in [5.41, 5.74) is 1.95. The number of aryl methyl sites for hydroxylation is 1. The van der Waals surface area contributed by atoms with Gasteiger partial charge in [-0.15, -0.1) is 0 Å². The van der Waals surface area contributed by atoms with Crippen LogP contribution in [0, 0.1) is 0 Å². The third-order valence-electron chi connectivity index (χ3n) is 3.69. The summed E-state index contributed by atoms with van der Waals surface area (Å²) in [6.45, 7) is 0. The number of hydrogen-bond donors (Lipinski definition) is 2. The zero-order chi connectivity index (χ0) is 13.4. The Morgan fingerprint density at radius 2 is 2.26 bits per heavy atom. The van der Waals surface area contributed by atoms with Crippen molar-refractivity contribution >= 4 is 5.97 Å². The standard InChI is InChI=1S/C14H14N2O3/c17-13-11-7-10(14(18)19)2-1-9(11)3-4-12(13)16-6-5-15-8-16/h1-2,5-8,12-13,17H,3-4H2,(H,18,19). The lowest BCUT2D eigenvalue weighted by Crippen LogP contribution is -2.23. The first-order valence-corrected chi connectivity index (χ1v) is 6.18. The maximum Gasteiger partial charge on any atom is 0.335 e. The smallest absolute Gasteiger partial charge is 0.335 e. The maximum absolute atomic E-state index is 11.0. The van der Waals surface area contributed by atoms with Crippen molar-refractivity contribution in [3.05, 3.63) is 53.6 Å². The number of aliphatic hydroxyl groups is 1. The van der Waals surface area contributed by atoms with E-state index in [4.69, 9.17) is 5.11 Å². The molecule has 98 valence electrons. The lowest BCUT2D eigenvalue weighted by atomic mass is 9.85. The third kappa shape index (κ3) is 2.02. The van der Waals surface area contributed by atoms with Crippen LogP contribution >= 0.6 is 0 Å². The molecule has 0 radical (unpaired) electrons. The van der Waals surface area contributed by atoms with Gasteiger partial charge in [0.15, 0.2) is 0 Å². The normalized spacial score (nSPS) is 21.9. The number of benzene rings is 1. The molecule has 19 heavy (non-hydrogen) atoms. The first kappa shape index (κ1) is 11.9. The van der Waals surface area contributed by atoms with Gasteiger partial charge in [0.05, 0.1) is 24.0 Å². The lowest BCUT2D eigenvalue weighted by Gasteiger charge is -2.31. The Bertz CT molecular complexity index is 607. The Labute approximate surface area is 110 Å². The van der Waals surface area contributed by atoms with E-state index in [1.165, 1.54) is 0 Å². The molecule has 0 aliphatic heterocycles. The van der Waals surface area contributed by atoms with Crippen LogP contribution in [0.25, 0.3) is 0 Å². The molecule has 5 nitrogen and oxygen atoms in total. The van der Waals surface area contributed by atoms with E-state index in [1.807, 2.05) is 10.8 Å². The number of carboxylic acid groups (broad SMARTS) is 1. The van der Waals surface area contributed by atoms with Crippen LogP contribution in [0.15, 0.2) is 36.9 Å². The molecule has 1 aliphatic rings. The molecule has 0 spiro atoms. The minimum absolute atomic E-state index is 0.0842. The molecule has 5 heteroatoms. The average molecular weight is 258 g/mol. The predicted molar refractivity (Wildman–Crippen MR) is 67.9 cm³/mol. The third-order valence-corrected chi connectivity index (χ3v) is 3.69. The molecular weight excluding hydrogens is 244 g/mol. The van der Waals surface area contributed by atoms with Crippen LogP contribution < -0.4 is 0 Å². The summed E-state index contributed by atoms with van der Waals surface area (Å²) in [7, 11) is 0. The number of aliphatic hydroxyl groups excluding tert-OH is 1. The molecule has 0 fully saturated rings. The minimum atomic E-state index is -0.972. The van der Waals surface area contributed by atoms with Gasteiger partial charge in [0.2, 0.25) is 0 Å². The second-order valence-electron chi connectivity index (χ2n) is 4.78. The SMILES string of the molecule is O=C(O)c1ccc2c(c1)C(O)C(n1ccnc1)CC2. The Morgan fingerprint density at radius 3 is 2.95 bits per heavy atom. The molecule has 0 saturated heterocycles. The van der Waals surface area contributed by atoms with Crippen molar-refractivity contribution in [1.29, 1.82) is 0 Å². The van der Waals surface area contributed by atoms with E-state index in [-0.39, 0.29) is 11.6 Å². The average Bonchev–Trinajstić information content (AvgIpc) is 2.92. The van der Waals surface area contributed by atoms with E-state index < -0.39 is 12.1 Å². The van der Waals surface area contributed by atoms with E-state index in [9.17, 15) is 9.90 Å². The van der Waals surface area contributed by atoms with Crippen LogP contribution in [0.1, 0.15) is 40.1 Å². The molecule has 0 saturated carbocycles. The van der Waals surface area contributed by atoms with Crippen molar-refractivity contribution in [3.63, 3.8) is 0 Å². The maximum atomic E-state index is 11.0. The topological polar surface area (TPSA) is 75.3 Å². The summed E-state index contributed by atoms with van der Waals surface area (Å²) in [4.78, 5) is 15.0. The number of fused-ring (bicyclic) bond motifs is 1. The zero-order valence-electron chi connectivity index (χ0n) is 10.2. The molecule has 1 aliphatic carbocycles. The predicted octanol–water partition coefficient (Wildman–Crippen LogP) is 1.80. The number of aromatic carboxylic acids is 1. The van der Waals surface area contributed by atoms with Gasteiger partial charge in [0, 0.05) is 12.4 Å². The fraction of sp³-hybridized carbons (Fsp3) is 0.286. The van der Waals surface area contributed by atoms with Crippen molar-refractivity contribution in [2.75, 3.05) is 0 Å². The first-order valence-electron chi connectivity index (χ1n) is 6.18. The molecule has 2 unspecified atom stereocenters. The highest BCUT2D eigenvalue weighted by atomic mass is 16.4. The summed E-state index contributed by atoms with van der Waals surface area (Å²) < 4.78 is 1.88. The summed E-state index contributed by atoms with van der Waals surface area (Å²) in [6, 6.07) is 4.88. The van der Waals surface area contributed by atoms with E-state index in [0.717, 1.165) is 18.4 Å². The van der Waals surface area contributed by atoms with Crippen molar-refractivity contribution in [2.24, 2.45) is 0 Å². The zero-order valence-corrected chi connectivity index (χ0v) is 10.2. The van der Waals surface area contributed by atoms with Gasteiger partial charge in [0.1, 0.15) is 0 Å². The van der Waals surface area contributed by atoms with E-state index in [1.54, 1.807) is 30.7 Å². The van der Waals surface area contributed by atoms with Crippen LogP contribution in [0.5, 0.6) is 0 Å². The van der Waals surface area contributed by atoms with E-state index in [2.05, 4.69) is 4.98 Å². The quantitative estimate of drug-likeness (QED) is 0.861. The van der Waals surface area contributed by atoms with Gasteiger partial charge in [-0.3, -0.25) is 0 Å². The number of carbonyl (C=O) groups is 1. The van der Waals surface area contributed by atoms with Crippen molar-refractivity contribution in [3.8, 4) is 0 Å². The van der Waals surface area contributed by atoms with E-state index >= 15 is 0 Å². The molecule has 1 aromatic carbocycles. The molecule has 2 aromatic rings. The number of rotatable bonds is 2. The fourth-order valence-corrected chi connectivity index (χ4v) is 2.68. The largest absolute Gasteiger partial charge is 0.478 e. The summed E-state index contributed by atoms with van der Waals surface area (Å²) in [5.74, 6) is -0.972. The Kier molecular flexibility index (Phi) is 2.83. The monoisotopic (exact) mass is 258 g/mol. The van der Waals surface area contributed by atoms with Crippen molar-refractivity contribution in [2.45, 2.75) is 25.0 Å². The van der Waals surface area contributed by atoms with Crippen LogP contribution in [-0.2, 0) is 6.42 Å². The highest BCUT2D eigenvalue weighted by Crippen LogP contribution is 2.37. The van der Waals surface area contributed by atoms with Crippen molar-refractivity contribution < 1.29 is 15.0 Å². The van der Waals surface area contributed by atoms with Gasteiger partial charge in [-0.2, -0.15) is 0 Å². The number of carboxylic acids is 1. The number of aromatic nitrogens is 2. The fourth-order valence-electron chi connectivity index (χ4n) is 2.68. The van der Waals surface area contributed by atoms with Crippen LogP contribution in [0.2, 0.25) is 0 Å². The van der Waals surface area contributed by atoms with Crippen LogP contribution in [0.4, 0.5) is 0 Å². The number of imidazole rings is 1. The number of nitrogens with zero attached hydrogens (tertiary/aromatic N) is 2. The van der Waals surface area contributed by atoms with Crippen molar-refractivity contribution in [1.82, 2.24) is 9.55 Å². The van der Waals surface area contributed by atoms with E-state index in [0.29, 0.717) is 5.56 Å². The molecule has 1 aromatic heterocycles. The Balaban J connectivity index is 2.00. The van der Waals surface area contributed by atoms with Gasteiger partial charge < -0.3 is 14.8 Å². The second kappa shape index (κ2) is 4.51. The molecule has 2 atom stereocenters. The first-order chi connectivity index (χ1) is 9.16. The minimum Gasteiger partial charge on any atom is -0.478 e. The van der Waals surface area contributed by atoms with Gasteiger partial charge >= 0.3 is 5.97 Å². The van der Waals surface area contributed by atoms with Crippen LogP contribution in [0.3, 0.4) is 0 Å². The van der Waals surface area contributed by atoms with Gasteiger partial charge in [-0.1, -0.05) is 6.07 Å². The molecule has 2 N–H and O–H groups in total. The Hall–Kier alpha value is -2.14. The molecule has 1 heterocycles. The van der Waals surface area contributed by atoms with Gasteiger partial charge in [-0.25, -0.2) is 9.78 Å². The molecule has 0 bridgehead atoms. The van der Waals surface area contributed by atoms with Gasteiger partial charge in [-0.05, 0) is 36.1 Å². The van der Waals surface area contributed by atoms with Gasteiger partial charge in [0.25, 0.3) is 0 Å². The van der Waals surface area contributed by atoms with Crippen LogP contribution in [-0.4, -0.2) is 25.7 Å². The summed E-state index contributed by atoms with van der Waals surface area (Å²) >= 11 is 0. The molecular formula is C14H14N2O3. The highest BCUT2D eigenvalue weighted by molar-refractivity contribution is 5.88. The molecule has 3 rings (SSSR count).